The summed E-state index contributed by atoms with van der Waals surface area (Å²) in [6.07, 6.45) is -12.1. The first kappa shape index (κ1) is 28.2. The van der Waals surface area contributed by atoms with Crippen LogP contribution in [0.4, 0.5) is 26.3 Å². The van der Waals surface area contributed by atoms with Crippen molar-refractivity contribution >= 4 is 11.9 Å². The first-order valence-electron chi connectivity index (χ1n) is 10.5. The van der Waals surface area contributed by atoms with E-state index in [4.69, 9.17) is 9.47 Å². The molecule has 0 amide bonds. The van der Waals surface area contributed by atoms with Gasteiger partial charge in [0, 0.05) is 0 Å². The molecule has 10 heteroatoms. The molecule has 192 valence electrons. The van der Waals surface area contributed by atoms with Gasteiger partial charge in [-0.1, -0.05) is 36.4 Å². The summed E-state index contributed by atoms with van der Waals surface area (Å²) >= 11 is 0. The van der Waals surface area contributed by atoms with Gasteiger partial charge in [-0.3, -0.25) is 0 Å². The molecule has 0 saturated heterocycles. The van der Waals surface area contributed by atoms with Crippen molar-refractivity contribution in [2.45, 2.75) is 70.5 Å². The van der Waals surface area contributed by atoms with Crippen LogP contribution in [0.1, 0.15) is 73.4 Å². The Hall–Kier alpha value is -3.04. The van der Waals surface area contributed by atoms with Crippen LogP contribution in [-0.2, 0) is 14.9 Å². The molecule has 0 fully saturated rings. The molecule has 2 aromatic carbocycles. The second-order valence-electron chi connectivity index (χ2n) is 9.84. The molecule has 0 heterocycles. The van der Waals surface area contributed by atoms with E-state index in [0.29, 0.717) is 12.1 Å². The fraction of sp³-hybridized carbons (Fsp3) is 0.440. The topological polar surface area (TPSA) is 52.6 Å². The summed E-state index contributed by atoms with van der Waals surface area (Å²) in [5, 5.41) is 0. The van der Waals surface area contributed by atoms with Crippen LogP contribution in [0.15, 0.2) is 48.5 Å². The number of benzene rings is 2. The van der Waals surface area contributed by atoms with Gasteiger partial charge in [-0.25, -0.2) is 9.59 Å². The van der Waals surface area contributed by atoms with Crippen molar-refractivity contribution in [1.82, 2.24) is 0 Å². The highest BCUT2D eigenvalue weighted by Gasteiger charge is 2.74. The van der Waals surface area contributed by atoms with Crippen molar-refractivity contribution in [2.75, 3.05) is 0 Å². The number of esters is 2. The number of alkyl halides is 6. The van der Waals surface area contributed by atoms with Crippen molar-refractivity contribution < 1.29 is 45.4 Å². The zero-order valence-corrected chi connectivity index (χ0v) is 20.0. The fourth-order valence-corrected chi connectivity index (χ4v) is 3.56. The number of carbonyl (C=O) groups is 2. The van der Waals surface area contributed by atoms with Crippen LogP contribution in [0.3, 0.4) is 0 Å². The average molecular weight is 504 g/mol. The molecule has 35 heavy (non-hydrogen) atoms. The van der Waals surface area contributed by atoms with Gasteiger partial charge in [-0.05, 0) is 64.8 Å². The molecule has 0 aliphatic rings. The molecule has 0 aromatic heterocycles. The fourth-order valence-electron chi connectivity index (χ4n) is 3.56. The maximum Gasteiger partial charge on any atom is 0.411 e. The van der Waals surface area contributed by atoms with Crippen LogP contribution >= 0.6 is 0 Å². The Kier molecular flexibility index (Phi) is 7.41. The summed E-state index contributed by atoms with van der Waals surface area (Å²) in [6, 6.07) is 6.92. The number of halogens is 6. The SMILES string of the molecule is CC(C)(C)OC(=O)c1ccccc1C(c1ccccc1C(=O)OC(C)(C)C)(C(F)(F)F)C(F)(F)F. The molecular weight excluding hydrogens is 478 g/mol. The molecule has 2 rings (SSSR count). The van der Waals surface area contributed by atoms with Gasteiger partial charge in [-0.2, -0.15) is 26.3 Å². The number of ether oxygens (including phenoxy) is 2. The standard InChI is InChI=1S/C25H26F6O4/c1-21(2,3)34-19(32)15-11-7-9-13-17(15)23(24(26,27)28,25(29,30)31)18-14-10-8-12-16(18)20(33)35-22(4,5)6/h7-14H,1-6H3. The molecule has 0 aliphatic heterocycles. The van der Waals surface area contributed by atoms with Gasteiger partial charge in [0.15, 0.2) is 0 Å². The lowest BCUT2D eigenvalue weighted by Crippen LogP contribution is -2.56. The Morgan fingerprint density at radius 2 is 0.857 bits per heavy atom. The lowest BCUT2D eigenvalue weighted by molar-refractivity contribution is -0.288. The smallest absolute Gasteiger partial charge is 0.411 e. The van der Waals surface area contributed by atoms with Gasteiger partial charge in [0.25, 0.3) is 0 Å². The predicted molar refractivity (Wildman–Crippen MR) is 116 cm³/mol. The number of hydrogen-bond acceptors (Lipinski definition) is 4. The molecule has 2 aromatic rings. The minimum Gasteiger partial charge on any atom is -0.456 e. The normalized spacial score (nSPS) is 13.4. The highest BCUT2D eigenvalue weighted by atomic mass is 19.4. The van der Waals surface area contributed by atoms with Gasteiger partial charge in [0.05, 0.1) is 11.1 Å². The lowest BCUT2D eigenvalue weighted by Gasteiger charge is -2.40. The molecule has 0 bridgehead atoms. The van der Waals surface area contributed by atoms with Crippen molar-refractivity contribution in [3.05, 3.63) is 70.8 Å². The van der Waals surface area contributed by atoms with Gasteiger partial charge in [0.2, 0.25) is 5.41 Å². The molecule has 0 aliphatic carbocycles. The Balaban J connectivity index is 3.02. The molecule has 0 saturated carbocycles. The molecule has 0 spiro atoms. The second-order valence-corrected chi connectivity index (χ2v) is 9.84. The van der Waals surface area contributed by atoms with Crippen LogP contribution in [0.25, 0.3) is 0 Å². The van der Waals surface area contributed by atoms with Crippen molar-refractivity contribution in [1.29, 1.82) is 0 Å². The molecule has 0 radical (unpaired) electrons. The number of hydrogen-bond donors (Lipinski definition) is 0. The summed E-state index contributed by atoms with van der Waals surface area (Å²) in [7, 11) is 0. The first-order chi connectivity index (χ1) is 15.7. The van der Waals surface area contributed by atoms with Crippen LogP contribution in [0.5, 0.6) is 0 Å². The summed E-state index contributed by atoms with van der Waals surface area (Å²) in [4.78, 5) is 25.5. The molecule has 4 nitrogen and oxygen atoms in total. The summed E-state index contributed by atoms with van der Waals surface area (Å²) in [5.74, 6) is -2.75. The Morgan fingerprint density at radius 3 is 1.11 bits per heavy atom. The van der Waals surface area contributed by atoms with E-state index in [1.807, 2.05) is 0 Å². The molecule has 0 unspecified atom stereocenters. The van der Waals surface area contributed by atoms with Gasteiger partial charge >= 0.3 is 24.3 Å². The van der Waals surface area contributed by atoms with Crippen LogP contribution in [0, 0.1) is 0 Å². The predicted octanol–water partition coefficient (Wildman–Crippen LogP) is 7.01. The largest absolute Gasteiger partial charge is 0.456 e. The zero-order valence-electron chi connectivity index (χ0n) is 20.0. The van der Waals surface area contributed by atoms with E-state index in [1.54, 1.807) is 0 Å². The minimum absolute atomic E-state index is 0.562. The van der Waals surface area contributed by atoms with E-state index in [2.05, 4.69) is 0 Å². The zero-order chi connectivity index (χ0) is 27.0. The third-order valence-corrected chi connectivity index (χ3v) is 4.75. The number of carbonyl (C=O) groups excluding carboxylic acids is 2. The van der Waals surface area contributed by atoms with E-state index < -0.39 is 63.2 Å². The van der Waals surface area contributed by atoms with Crippen LogP contribution in [0.2, 0.25) is 0 Å². The van der Waals surface area contributed by atoms with E-state index >= 15 is 0 Å². The summed E-state index contributed by atoms with van der Waals surface area (Å²) < 4.78 is 98.9. The van der Waals surface area contributed by atoms with Crippen molar-refractivity contribution in [2.24, 2.45) is 0 Å². The average Bonchev–Trinajstić information content (AvgIpc) is 2.64. The van der Waals surface area contributed by atoms with Crippen LogP contribution < -0.4 is 0 Å². The Morgan fingerprint density at radius 1 is 0.571 bits per heavy atom. The third kappa shape index (κ3) is 5.79. The first-order valence-corrected chi connectivity index (χ1v) is 10.5. The maximum absolute atomic E-state index is 14.8. The Labute approximate surface area is 199 Å². The van der Waals surface area contributed by atoms with Crippen molar-refractivity contribution in [3.8, 4) is 0 Å². The highest BCUT2D eigenvalue weighted by molar-refractivity contribution is 5.94. The van der Waals surface area contributed by atoms with E-state index in [9.17, 15) is 35.9 Å². The Bertz CT molecular complexity index is 1000. The van der Waals surface area contributed by atoms with Gasteiger partial charge in [0.1, 0.15) is 11.2 Å². The monoisotopic (exact) mass is 504 g/mol. The van der Waals surface area contributed by atoms with Gasteiger partial charge in [-0.15, -0.1) is 0 Å². The van der Waals surface area contributed by atoms with E-state index in [1.165, 1.54) is 41.5 Å². The maximum atomic E-state index is 14.8. The van der Waals surface area contributed by atoms with E-state index in [-0.39, 0.29) is 0 Å². The lowest BCUT2D eigenvalue weighted by atomic mass is 9.69. The minimum atomic E-state index is -6.03. The van der Waals surface area contributed by atoms with Crippen molar-refractivity contribution in [3.63, 3.8) is 0 Å². The number of rotatable bonds is 4. The highest BCUT2D eigenvalue weighted by Crippen LogP contribution is 2.57. The van der Waals surface area contributed by atoms with Crippen LogP contribution in [-0.4, -0.2) is 35.5 Å². The summed E-state index contributed by atoms with van der Waals surface area (Å²) in [5.41, 5.74) is -11.8. The quantitative estimate of drug-likeness (QED) is 0.332. The molecular formula is C25H26F6O4. The molecule has 0 N–H and O–H groups in total. The van der Waals surface area contributed by atoms with E-state index in [0.717, 1.165) is 36.4 Å². The third-order valence-electron chi connectivity index (χ3n) is 4.75. The molecule has 0 atom stereocenters. The second kappa shape index (κ2) is 9.20. The summed E-state index contributed by atoms with van der Waals surface area (Å²) in [6.45, 7) is 8.54. The van der Waals surface area contributed by atoms with Gasteiger partial charge < -0.3 is 9.47 Å².